The van der Waals surface area contributed by atoms with Crippen LogP contribution in [0, 0.1) is 6.92 Å². The van der Waals surface area contributed by atoms with Crippen LogP contribution in [0.4, 0.5) is 0 Å². The first-order valence-electron chi connectivity index (χ1n) is 9.52. The lowest BCUT2D eigenvalue weighted by Gasteiger charge is -2.39. The molecule has 3 fully saturated rings. The van der Waals surface area contributed by atoms with E-state index in [1.54, 1.807) is 0 Å². The zero-order chi connectivity index (χ0) is 17.4. The molecule has 138 valence electrons. The van der Waals surface area contributed by atoms with Gasteiger partial charge in [0.1, 0.15) is 17.6 Å². The third-order valence-corrected chi connectivity index (χ3v) is 5.91. The van der Waals surface area contributed by atoms with Crippen LogP contribution in [0.25, 0.3) is 0 Å². The van der Waals surface area contributed by atoms with Crippen molar-refractivity contribution in [3.63, 3.8) is 0 Å². The number of piperazine rings is 1. The Morgan fingerprint density at radius 2 is 1.92 bits per heavy atom. The number of rotatable bonds is 3. The first-order valence-corrected chi connectivity index (χ1v) is 9.52. The standard InChI is InChI=1S/C19H29N3O3/c1-14-3-4-15(24-14)13-22-8-7-17-16(22)5-6-18(25-17)19(23)21-11-9-20(2)10-12-21/h3-4,16-18H,5-13H2,1-2H3/t16-,17-,18-/m0/s1. The maximum atomic E-state index is 12.8. The van der Waals surface area contributed by atoms with Gasteiger partial charge in [-0.2, -0.15) is 0 Å². The molecule has 0 aromatic carbocycles. The molecule has 4 heterocycles. The maximum absolute atomic E-state index is 12.8. The Labute approximate surface area is 149 Å². The summed E-state index contributed by atoms with van der Waals surface area (Å²) in [5.74, 6) is 2.18. The summed E-state index contributed by atoms with van der Waals surface area (Å²) < 4.78 is 12.0. The largest absolute Gasteiger partial charge is 0.465 e. The number of hydrogen-bond acceptors (Lipinski definition) is 5. The van der Waals surface area contributed by atoms with Crippen molar-refractivity contribution in [3.05, 3.63) is 23.7 Å². The van der Waals surface area contributed by atoms with E-state index in [0.29, 0.717) is 6.04 Å². The van der Waals surface area contributed by atoms with E-state index in [9.17, 15) is 4.79 Å². The smallest absolute Gasteiger partial charge is 0.251 e. The Hall–Kier alpha value is -1.37. The van der Waals surface area contributed by atoms with Gasteiger partial charge in [0.05, 0.1) is 12.6 Å². The van der Waals surface area contributed by atoms with Crippen molar-refractivity contribution >= 4 is 5.91 Å². The first kappa shape index (κ1) is 17.1. The van der Waals surface area contributed by atoms with Crippen LogP contribution in [0.3, 0.4) is 0 Å². The number of carbonyl (C=O) groups is 1. The summed E-state index contributed by atoms with van der Waals surface area (Å²) in [6.07, 6.45) is 2.83. The quantitative estimate of drug-likeness (QED) is 0.829. The molecule has 0 unspecified atom stereocenters. The Morgan fingerprint density at radius 3 is 2.64 bits per heavy atom. The summed E-state index contributed by atoms with van der Waals surface area (Å²) in [5.41, 5.74) is 0. The van der Waals surface area contributed by atoms with Crippen molar-refractivity contribution in [2.45, 2.75) is 51.0 Å². The molecule has 6 nitrogen and oxygen atoms in total. The fraction of sp³-hybridized carbons (Fsp3) is 0.737. The second-order valence-electron chi connectivity index (χ2n) is 7.71. The molecule has 0 aliphatic carbocycles. The molecular weight excluding hydrogens is 318 g/mol. The average molecular weight is 347 g/mol. The number of carbonyl (C=O) groups excluding carboxylic acids is 1. The van der Waals surface area contributed by atoms with Gasteiger partial charge in [-0.1, -0.05) is 0 Å². The molecule has 0 radical (unpaired) electrons. The van der Waals surface area contributed by atoms with Crippen molar-refractivity contribution in [2.24, 2.45) is 0 Å². The highest BCUT2D eigenvalue weighted by molar-refractivity contribution is 5.81. The molecule has 0 N–H and O–H groups in total. The molecule has 3 aliphatic heterocycles. The van der Waals surface area contributed by atoms with Gasteiger partial charge in [-0.25, -0.2) is 0 Å². The number of fused-ring (bicyclic) bond motifs is 1. The van der Waals surface area contributed by atoms with Crippen molar-refractivity contribution in [3.8, 4) is 0 Å². The molecule has 0 saturated carbocycles. The molecule has 3 atom stereocenters. The minimum atomic E-state index is -0.240. The minimum Gasteiger partial charge on any atom is -0.465 e. The number of aryl methyl sites for hydroxylation is 1. The van der Waals surface area contributed by atoms with Crippen LogP contribution in [0.2, 0.25) is 0 Å². The molecule has 0 spiro atoms. The third-order valence-electron chi connectivity index (χ3n) is 5.91. The number of ether oxygens (including phenoxy) is 1. The van der Waals surface area contributed by atoms with E-state index in [1.165, 1.54) is 0 Å². The second-order valence-corrected chi connectivity index (χ2v) is 7.71. The van der Waals surface area contributed by atoms with E-state index in [2.05, 4.69) is 22.9 Å². The van der Waals surface area contributed by atoms with Crippen molar-refractivity contribution in [1.82, 2.24) is 14.7 Å². The molecule has 0 bridgehead atoms. The summed E-state index contributed by atoms with van der Waals surface area (Å²) >= 11 is 0. The fourth-order valence-electron chi connectivity index (χ4n) is 4.39. The molecule has 25 heavy (non-hydrogen) atoms. The van der Waals surface area contributed by atoms with Crippen molar-refractivity contribution < 1.29 is 13.9 Å². The highest BCUT2D eigenvalue weighted by Gasteiger charge is 2.42. The molecular formula is C19H29N3O3. The molecule has 1 amide bonds. The van der Waals surface area contributed by atoms with Gasteiger partial charge in [0, 0.05) is 38.8 Å². The second kappa shape index (κ2) is 7.09. The van der Waals surface area contributed by atoms with Gasteiger partial charge >= 0.3 is 0 Å². The maximum Gasteiger partial charge on any atom is 0.251 e. The Morgan fingerprint density at radius 1 is 1.12 bits per heavy atom. The van der Waals surface area contributed by atoms with Crippen LogP contribution in [-0.4, -0.2) is 78.6 Å². The number of nitrogens with zero attached hydrogens (tertiary/aromatic N) is 3. The van der Waals surface area contributed by atoms with Crippen LogP contribution in [0.15, 0.2) is 16.5 Å². The van der Waals surface area contributed by atoms with Gasteiger partial charge in [0.2, 0.25) is 0 Å². The van der Waals surface area contributed by atoms with Crippen LogP contribution in [-0.2, 0) is 16.1 Å². The zero-order valence-corrected chi connectivity index (χ0v) is 15.3. The minimum absolute atomic E-state index is 0.186. The SMILES string of the molecule is Cc1ccc(CN2CC[C@@H]3O[C@H](C(=O)N4CCN(C)CC4)CC[C@@H]32)o1. The predicted octanol–water partition coefficient (Wildman–Crippen LogP) is 1.48. The normalized spacial score (nSPS) is 31.3. The number of amides is 1. The summed E-state index contributed by atoms with van der Waals surface area (Å²) in [5, 5.41) is 0. The highest BCUT2D eigenvalue weighted by atomic mass is 16.5. The predicted molar refractivity (Wildman–Crippen MR) is 94.2 cm³/mol. The molecule has 3 aliphatic rings. The van der Waals surface area contributed by atoms with E-state index in [1.807, 2.05) is 17.9 Å². The van der Waals surface area contributed by atoms with Crippen molar-refractivity contribution in [2.75, 3.05) is 39.8 Å². The summed E-state index contributed by atoms with van der Waals surface area (Å²) in [7, 11) is 2.11. The number of furan rings is 1. The molecule has 3 saturated heterocycles. The highest BCUT2D eigenvalue weighted by Crippen LogP contribution is 2.33. The number of likely N-dealkylation sites (N-methyl/N-ethyl adjacent to an activating group) is 1. The van der Waals surface area contributed by atoms with Gasteiger partial charge in [-0.05, 0) is 45.4 Å². The monoisotopic (exact) mass is 347 g/mol. The summed E-state index contributed by atoms with van der Waals surface area (Å²) in [6, 6.07) is 4.50. The summed E-state index contributed by atoms with van der Waals surface area (Å²) in [4.78, 5) is 19.5. The fourth-order valence-corrected chi connectivity index (χ4v) is 4.39. The lowest BCUT2D eigenvalue weighted by atomic mass is 9.98. The lowest BCUT2D eigenvalue weighted by Crippen LogP contribution is -2.53. The van der Waals surface area contributed by atoms with Gasteiger partial charge < -0.3 is 19.0 Å². The number of hydrogen-bond donors (Lipinski definition) is 0. The van der Waals surface area contributed by atoms with Crippen LogP contribution in [0.1, 0.15) is 30.8 Å². The Bertz CT molecular complexity index is 609. The molecule has 1 aromatic heterocycles. The summed E-state index contributed by atoms with van der Waals surface area (Å²) in [6.45, 7) is 7.41. The van der Waals surface area contributed by atoms with E-state index in [-0.39, 0.29) is 18.1 Å². The van der Waals surface area contributed by atoms with Crippen LogP contribution in [0.5, 0.6) is 0 Å². The molecule has 1 aromatic rings. The average Bonchev–Trinajstić information content (AvgIpc) is 3.21. The van der Waals surface area contributed by atoms with Crippen LogP contribution < -0.4 is 0 Å². The molecule has 6 heteroatoms. The zero-order valence-electron chi connectivity index (χ0n) is 15.3. The van der Waals surface area contributed by atoms with Gasteiger partial charge in [0.15, 0.2) is 0 Å². The van der Waals surface area contributed by atoms with E-state index in [4.69, 9.17) is 9.15 Å². The number of likely N-dealkylation sites (tertiary alicyclic amines) is 1. The van der Waals surface area contributed by atoms with E-state index < -0.39 is 0 Å². The van der Waals surface area contributed by atoms with Gasteiger partial charge in [-0.15, -0.1) is 0 Å². The Balaban J connectivity index is 1.33. The third kappa shape index (κ3) is 3.61. The topological polar surface area (TPSA) is 49.2 Å². The first-order chi connectivity index (χ1) is 12.1. The van der Waals surface area contributed by atoms with Crippen LogP contribution >= 0.6 is 0 Å². The lowest BCUT2D eigenvalue weighted by molar-refractivity contribution is -0.156. The molecule has 4 rings (SSSR count). The van der Waals surface area contributed by atoms with E-state index in [0.717, 1.165) is 70.1 Å². The van der Waals surface area contributed by atoms with Gasteiger partial charge in [-0.3, -0.25) is 9.69 Å². The van der Waals surface area contributed by atoms with Crippen molar-refractivity contribution in [1.29, 1.82) is 0 Å². The van der Waals surface area contributed by atoms with Gasteiger partial charge in [0.25, 0.3) is 5.91 Å². The van der Waals surface area contributed by atoms with E-state index >= 15 is 0 Å². The Kier molecular flexibility index (Phi) is 4.84.